The molecule has 0 radical (unpaired) electrons. The van der Waals surface area contributed by atoms with E-state index in [1.807, 2.05) is 42.8 Å². The minimum atomic E-state index is 0.638. The highest BCUT2D eigenvalue weighted by molar-refractivity contribution is 7.80. The molecule has 0 fully saturated rings. The Balaban J connectivity index is 2.12. The first-order valence-corrected chi connectivity index (χ1v) is 8.13. The predicted molar refractivity (Wildman–Crippen MR) is 96.8 cm³/mol. The summed E-state index contributed by atoms with van der Waals surface area (Å²) in [7, 11) is 0. The Morgan fingerprint density at radius 3 is 2.59 bits per heavy atom. The lowest BCUT2D eigenvalue weighted by atomic mass is 10.2. The van der Waals surface area contributed by atoms with Crippen molar-refractivity contribution in [3.8, 4) is 0 Å². The molecule has 1 aromatic carbocycles. The molecule has 0 bridgehead atoms. The molecule has 0 unspecified atom stereocenters. The van der Waals surface area contributed by atoms with E-state index in [0.29, 0.717) is 11.7 Å². The van der Waals surface area contributed by atoms with Crippen LogP contribution in [-0.2, 0) is 6.54 Å². The quantitative estimate of drug-likeness (QED) is 0.813. The first kappa shape index (κ1) is 16.8. The highest BCUT2D eigenvalue weighted by Crippen LogP contribution is 2.20. The van der Waals surface area contributed by atoms with Crippen LogP contribution >= 0.6 is 23.8 Å². The molecule has 0 spiro atoms. The van der Waals surface area contributed by atoms with E-state index in [1.165, 1.54) is 0 Å². The molecule has 4 nitrogen and oxygen atoms in total. The summed E-state index contributed by atoms with van der Waals surface area (Å²) in [5.74, 6) is 0. The second kappa shape index (κ2) is 7.61. The molecule has 2 N–H and O–H groups in total. The van der Waals surface area contributed by atoms with Crippen LogP contribution in [0.4, 0.5) is 5.69 Å². The van der Waals surface area contributed by atoms with Gasteiger partial charge in [-0.3, -0.25) is 4.68 Å². The number of hydrogen-bond acceptors (Lipinski definition) is 2. The van der Waals surface area contributed by atoms with E-state index in [-0.39, 0.29) is 0 Å². The second-order valence-corrected chi connectivity index (χ2v) is 6.06. The van der Waals surface area contributed by atoms with Gasteiger partial charge in [-0.05, 0) is 50.2 Å². The summed E-state index contributed by atoms with van der Waals surface area (Å²) < 4.78 is 1.98. The lowest BCUT2D eigenvalue weighted by Gasteiger charge is -2.10. The van der Waals surface area contributed by atoms with Gasteiger partial charge in [-0.25, -0.2) is 0 Å². The average Bonchev–Trinajstić information content (AvgIpc) is 2.75. The Bertz CT molecular complexity index is 649. The summed E-state index contributed by atoms with van der Waals surface area (Å²) in [4.78, 5) is 0. The van der Waals surface area contributed by atoms with Crippen molar-refractivity contribution in [3.05, 3.63) is 46.2 Å². The topological polar surface area (TPSA) is 41.9 Å². The zero-order valence-corrected chi connectivity index (χ0v) is 14.7. The number of hydrogen-bond donors (Lipinski definition) is 2. The zero-order chi connectivity index (χ0) is 16.1. The van der Waals surface area contributed by atoms with Crippen LogP contribution in [0.15, 0.2) is 24.3 Å². The van der Waals surface area contributed by atoms with E-state index >= 15 is 0 Å². The molecule has 1 heterocycles. The van der Waals surface area contributed by atoms with Crippen LogP contribution in [0.3, 0.4) is 0 Å². The van der Waals surface area contributed by atoms with Crippen molar-refractivity contribution in [1.29, 1.82) is 0 Å². The summed E-state index contributed by atoms with van der Waals surface area (Å²) in [6.07, 6.45) is 1.04. The fourth-order valence-electron chi connectivity index (χ4n) is 2.19. The second-order valence-electron chi connectivity index (χ2n) is 5.21. The van der Waals surface area contributed by atoms with Gasteiger partial charge < -0.3 is 10.6 Å². The molecule has 0 saturated heterocycles. The van der Waals surface area contributed by atoms with Gasteiger partial charge in [0, 0.05) is 11.6 Å². The van der Waals surface area contributed by atoms with Crippen LogP contribution in [0.5, 0.6) is 0 Å². The zero-order valence-electron chi connectivity index (χ0n) is 13.1. The SMILES string of the molecule is CCCNC(=S)Nc1c(C)nn(Cc2ccc(Cl)cc2)c1C. The number of halogens is 1. The Morgan fingerprint density at radius 1 is 1.27 bits per heavy atom. The van der Waals surface area contributed by atoms with E-state index in [4.69, 9.17) is 23.8 Å². The van der Waals surface area contributed by atoms with Crippen molar-refractivity contribution in [2.24, 2.45) is 0 Å². The smallest absolute Gasteiger partial charge is 0.170 e. The largest absolute Gasteiger partial charge is 0.362 e. The molecule has 6 heteroatoms. The molecule has 2 rings (SSSR count). The Labute approximate surface area is 141 Å². The van der Waals surface area contributed by atoms with Crippen LogP contribution in [0.1, 0.15) is 30.3 Å². The first-order valence-electron chi connectivity index (χ1n) is 7.34. The fraction of sp³-hybridized carbons (Fsp3) is 0.375. The van der Waals surface area contributed by atoms with E-state index < -0.39 is 0 Å². The third-order valence-electron chi connectivity index (χ3n) is 3.40. The van der Waals surface area contributed by atoms with E-state index in [1.54, 1.807) is 0 Å². The Hall–Kier alpha value is -1.59. The molecular weight excluding hydrogens is 316 g/mol. The van der Waals surface area contributed by atoms with Gasteiger partial charge in [0.2, 0.25) is 0 Å². The molecule has 0 amide bonds. The highest BCUT2D eigenvalue weighted by atomic mass is 35.5. The van der Waals surface area contributed by atoms with Gasteiger partial charge in [-0.15, -0.1) is 0 Å². The number of aryl methyl sites for hydroxylation is 1. The standard InChI is InChI=1S/C16H21ClN4S/c1-4-9-18-16(22)19-15-11(2)20-21(12(15)3)10-13-5-7-14(17)8-6-13/h5-8H,4,9-10H2,1-3H3,(H2,18,19,22). The van der Waals surface area contributed by atoms with Crippen molar-refractivity contribution in [1.82, 2.24) is 15.1 Å². The normalized spacial score (nSPS) is 10.5. The van der Waals surface area contributed by atoms with Gasteiger partial charge in [0.1, 0.15) is 0 Å². The molecule has 2 aromatic rings. The highest BCUT2D eigenvalue weighted by Gasteiger charge is 2.12. The molecule has 1 aromatic heterocycles. The monoisotopic (exact) mass is 336 g/mol. The number of anilines is 1. The average molecular weight is 337 g/mol. The van der Waals surface area contributed by atoms with Gasteiger partial charge >= 0.3 is 0 Å². The van der Waals surface area contributed by atoms with Crippen LogP contribution in [0.2, 0.25) is 5.02 Å². The Morgan fingerprint density at radius 2 is 1.95 bits per heavy atom. The summed E-state index contributed by atoms with van der Waals surface area (Å²) in [6.45, 7) is 7.70. The Kier molecular flexibility index (Phi) is 5.80. The number of aromatic nitrogens is 2. The van der Waals surface area contributed by atoms with Crippen LogP contribution in [0, 0.1) is 13.8 Å². The molecule has 22 heavy (non-hydrogen) atoms. The van der Waals surface area contributed by atoms with Crippen molar-refractivity contribution in [2.45, 2.75) is 33.7 Å². The summed E-state index contributed by atoms with van der Waals surface area (Å²) in [5, 5.41) is 12.4. The van der Waals surface area contributed by atoms with Gasteiger partial charge in [0.25, 0.3) is 0 Å². The van der Waals surface area contributed by atoms with Crippen LogP contribution < -0.4 is 10.6 Å². The van der Waals surface area contributed by atoms with Gasteiger partial charge in [-0.1, -0.05) is 30.7 Å². The van der Waals surface area contributed by atoms with Crippen molar-refractivity contribution in [3.63, 3.8) is 0 Å². The molecule has 0 aliphatic carbocycles. The molecule has 0 aliphatic heterocycles. The minimum Gasteiger partial charge on any atom is -0.362 e. The van der Waals surface area contributed by atoms with Gasteiger partial charge in [0.15, 0.2) is 5.11 Å². The molecule has 0 atom stereocenters. The van der Waals surface area contributed by atoms with Crippen LogP contribution in [0.25, 0.3) is 0 Å². The molecule has 118 valence electrons. The maximum atomic E-state index is 5.92. The van der Waals surface area contributed by atoms with Crippen LogP contribution in [-0.4, -0.2) is 21.4 Å². The molecule has 0 saturated carbocycles. The maximum Gasteiger partial charge on any atom is 0.170 e. The number of benzene rings is 1. The lowest BCUT2D eigenvalue weighted by Crippen LogP contribution is -2.29. The predicted octanol–water partition coefficient (Wildman–Crippen LogP) is 3.90. The minimum absolute atomic E-state index is 0.638. The third-order valence-corrected chi connectivity index (χ3v) is 3.90. The fourth-order valence-corrected chi connectivity index (χ4v) is 2.52. The van der Waals surface area contributed by atoms with Crippen molar-refractivity contribution < 1.29 is 0 Å². The first-order chi connectivity index (χ1) is 10.5. The van der Waals surface area contributed by atoms with Crippen molar-refractivity contribution >= 4 is 34.6 Å². The number of nitrogens with one attached hydrogen (secondary N) is 2. The molecular formula is C16H21ClN4S. The third kappa shape index (κ3) is 4.21. The number of nitrogens with zero attached hydrogens (tertiary/aromatic N) is 2. The summed E-state index contributed by atoms with van der Waals surface area (Å²) >= 11 is 11.2. The van der Waals surface area contributed by atoms with Crippen molar-refractivity contribution in [2.75, 3.05) is 11.9 Å². The van der Waals surface area contributed by atoms with Gasteiger partial charge in [-0.2, -0.15) is 5.10 Å². The van der Waals surface area contributed by atoms with E-state index in [2.05, 4.69) is 22.7 Å². The molecule has 0 aliphatic rings. The number of thiocarbonyl (C=S) groups is 1. The number of rotatable bonds is 5. The van der Waals surface area contributed by atoms with E-state index in [0.717, 1.165) is 40.6 Å². The van der Waals surface area contributed by atoms with E-state index in [9.17, 15) is 0 Å². The maximum absolute atomic E-state index is 5.92. The summed E-state index contributed by atoms with van der Waals surface area (Å²) in [5.41, 5.74) is 4.14. The summed E-state index contributed by atoms with van der Waals surface area (Å²) in [6, 6.07) is 7.82. The lowest BCUT2D eigenvalue weighted by molar-refractivity contribution is 0.659. The van der Waals surface area contributed by atoms with Gasteiger partial charge in [0.05, 0.1) is 23.6 Å².